The molecule has 0 aliphatic carbocycles. The zero-order chi connectivity index (χ0) is 21.7. The molecular weight excluding hydrogens is 468 g/mol. The van der Waals surface area contributed by atoms with E-state index >= 15 is 0 Å². The fraction of sp³-hybridized carbons (Fsp3) is 0.143. The predicted octanol–water partition coefficient (Wildman–Crippen LogP) is 4.29. The standard InChI is InChI=1S/C21H19BrN4O3S/c1-26(14-15-3-6-17(29-2)7-4-15)30(27,28)18-8-9-20(19(22)11-18)25-21-10-5-16(12-23)13-24-21/h3-11,13H,14H2,1-2H3,(H,24,25). The number of nitrogens with zero attached hydrogens (tertiary/aromatic N) is 3. The van der Waals surface area contributed by atoms with Crippen molar-refractivity contribution in [3.63, 3.8) is 0 Å². The Bertz CT molecular complexity index is 1170. The van der Waals surface area contributed by atoms with Gasteiger partial charge in [0.2, 0.25) is 10.0 Å². The number of nitriles is 1. The van der Waals surface area contributed by atoms with Crippen molar-refractivity contribution in [2.45, 2.75) is 11.4 Å². The molecule has 0 bridgehead atoms. The predicted molar refractivity (Wildman–Crippen MR) is 118 cm³/mol. The van der Waals surface area contributed by atoms with Gasteiger partial charge in [0.1, 0.15) is 17.6 Å². The zero-order valence-corrected chi connectivity index (χ0v) is 18.7. The summed E-state index contributed by atoms with van der Waals surface area (Å²) in [5.41, 5.74) is 1.97. The molecule has 0 saturated heterocycles. The normalized spacial score (nSPS) is 11.2. The third kappa shape index (κ3) is 4.97. The van der Waals surface area contributed by atoms with Gasteiger partial charge in [-0.05, 0) is 64.0 Å². The first-order valence-corrected chi connectivity index (χ1v) is 11.1. The average Bonchev–Trinajstić information content (AvgIpc) is 2.76. The Morgan fingerprint density at radius 2 is 1.90 bits per heavy atom. The van der Waals surface area contributed by atoms with E-state index in [0.29, 0.717) is 27.3 Å². The fourth-order valence-electron chi connectivity index (χ4n) is 2.68. The summed E-state index contributed by atoms with van der Waals surface area (Å²) < 4.78 is 32.9. The molecule has 154 valence electrons. The van der Waals surface area contributed by atoms with E-state index in [2.05, 4.69) is 26.2 Å². The van der Waals surface area contributed by atoms with Gasteiger partial charge < -0.3 is 10.1 Å². The van der Waals surface area contributed by atoms with Crippen molar-refractivity contribution in [2.75, 3.05) is 19.5 Å². The van der Waals surface area contributed by atoms with E-state index in [0.717, 1.165) is 5.56 Å². The van der Waals surface area contributed by atoms with E-state index in [4.69, 9.17) is 10.00 Å². The number of hydrogen-bond donors (Lipinski definition) is 1. The molecule has 0 aliphatic heterocycles. The molecule has 1 heterocycles. The van der Waals surface area contributed by atoms with Crippen LogP contribution in [-0.4, -0.2) is 31.9 Å². The molecule has 0 spiro atoms. The monoisotopic (exact) mass is 486 g/mol. The van der Waals surface area contributed by atoms with Gasteiger partial charge in [-0.3, -0.25) is 0 Å². The van der Waals surface area contributed by atoms with Crippen LogP contribution in [0, 0.1) is 11.3 Å². The highest BCUT2D eigenvalue weighted by Crippen LogP contribution is 2.29. The molecule has 0 aliphatic rings. The maximum absolute atomic E-state index is 13.0. The highest BCUT2D eigenvalue weighted by molar-refractivity contribution is 9.10. The molecule has 30 heavy (non-hydrogen) atoms. The van der Waals surface area contributed by atoms with Gasteiger partial charge in [-0.2, -0.15) is 9.57 Å². The molecule has 2 aromatic carbocycles. The molecule has 0 amide bonds. The van der Waals surface area contributed by atoms with Gasteiger partial charge in [0.05, 0.1) is 23.3 Å². The topological polar surface area (TPSA) is 95.3 Å². The molecule has 0 fully saturated rings. The van der Waals surface area contributed by atoms with Crippen molar-refractivity contribution in [3.8, 4) is 11.8 Å². The number of rotatable bonds is 7. The Balaban J connectivity index is 1.76. The molecule has 9 heteroatoms. The van der Waals surface area contributed by atoms with Crippen LogP contribution in [0.25, 0.3) is 0 Å². The first-order chi connectivity index (χ1) is 14.3. The van der Waals surface area contributed by atoms with Gasteiger partial charge in [0.15, 0.2) is 0 Å². The molecule has 0 atom stereocenters. The summed E-state index contributed by atoms with van der Waals surface area (Å²) in [5, 5.41) is 11.9. The summed E-state index contributed by atoms with van der Waals surface area (Å²) in [7, 11) is -0.557. The molecule has 3 rings (SSSR count). The van der Waals surface area contributed by atoms with Crippen LogP contribution < -0.4 is 10.1 Å². The van der Waals surface area contributed by atoms with Crippen molar-refractivity contribution < 1.29 is 13.2 Å². The number of ether oxygens (including phenoxy) is 1. The molecular formula is C21H19BrN4O3S. The summed E-state index contributed by atoms with van der Waals surface area (Å²) in [5.74, 6) is 1.26. The third-order valence-corrected chi connectivity index (χ3v) is 6.82. The van der Waals surface area contributed by atoms with E-state index in [1.165, 1.54) is 16.6 Å². The van der Waals surface area contributed by atoms with Crippen LogP contribution in [0.3, 0.4) is 0 Å². The van der Waals surface area contributed by atoms with E-state index < -0.39 is 10.0 Å². The Morgan fingerprint density at radius 1 is 1.17 bits per heavy atom. The summed E-state index contributed by atoms with van der Waals surface area (Å²) in [6.07, 6.45) is 1.46. The summed E-state index contributed by atoms with van der Waals surface area (Å²) in [6, 6.07) is 17.3. The van der Waals surface area contributed by atoms with Gasteiger partial charge in [0.25, 0.3) is 0 Å². The lowest BCUT2D eigenvalue weighted by Crippen LogP contribution is -2.26. The van der Waals surface area contributed by atoms with Gasteiger partial charge in [-0.25, -0.2) is 13.4 Å². The van der Waals surface area contributed by atoms with Crippen LogP contribution in [0.1, 0.15) is 11.1 Å². The van der Waals surface area contributed by atoms with Crippen LogP contribution in [-0.2, 0) is 16.6 Å². The Hall–Kier alpha value is -2.93. The second-order valence-corrected chi connectivity index (χ2v) is 9.32. The van der Waals surface area contributed by atoms with Gasteiger partial charge in [-0.15, -0.1) is 0 Å². The van der Waals surface area contributed by atoms with E-state index in [1.54, 1.807) is 50.6 Å². The maximum atomic E-state index is 13.0. The van der Waals surface area contributed by atoms with Gasteiger partial charge in [-0.1, -0.05) is 12.1 Å². The summed E-state index contributed by atoms with van der Waals surface area (Å²) in [6.45, 7) is 0.235. The first-order valence-electron chi connectivity index (χ1n) is 8.85. The molecule has 1 aromatic heterocycles. The Morgan fingerprint density at radius 3 is 2.47 bits per heavy atom. The zero-order valence-electron chi connectivity index (χ0n) is 16.3. The minimum absolute atomic E-state index is 0.170. The van der Waals surface area contributed by atoms with Crippen molar-refractivity contribution in [1.82, 2.24) is 9.29 Å². The summed E-state index contributed by atoms with van der Waals surface area (Å²) in [4.78, 5) is 4.32. The molecule has 7 nitrogen and oxygen atoms in total. The molecule has 3 aromatic rings. The number of anilines is 2. The van der Waals surface area contributed by atoms with Crippen molar-refractivity contribution in [2.24, 2.45) is 0 Å². The van der Waals surface area contributed by atoms with Crippen LogP contribution >= 0.6 is 15.9 Å². The number of nitrogens with one attached hydrogen (secondary N) is 1. The first kappa shape index (κ1) is 21.8. The number of sulfonamides is 1. The largest absolute Gasteiger partial charge is 0.497 e. The van der Waals surface area contributed by atoms with Crippen LogP contribution in [0.15, 0.2) is 70.2 Å². The lowest BCUT2D eigenvalue weighted by Gasteiger charge is -2.18. The Kier molecular flexibility index (Phi) is 6.72. The molecule has 0 radical (unpaired) electrons. The van der Waals surface area contributed by atoms with Crippen molar-refractivity contribution in [3.05, 3.63) is 76.4 Å². The van der Waals surface area contributed by atoms with Crippen LogP contribution in [0.2, 0.25) is 0 Å². The Labute approximate surface area is 184 Å². The van der Waals surface area contributed by atoms with Crippen LogP contribution in [0.4, 0.5) is 11.5 Å². The SMILES string of the molecule is COc1ccc(CN(C)S(=O)(=O)c2ccc(Nc3ccc(C#N)cn3)c(Br)c2)cc1. The number of hydrogen-bond acceptors (Lipinski definition) is 6. The smallest absolute Gasteiger partial charge is 0.243 e. The average molecular weight is 487 g/mol. The molecule has 0 saturated carbocycles. The van der Waals surface area contributed by atoms with Gasteiger partial charge in [0, 0.05) is 24.3 Å². The van der Waals surface area contributed by atoms with E-state index in [1.807, 2.05) is 18.2 Å². The lowest BCUT2D eigenvalue weighted by atomic mass is 10.2. The minimum atomic E-state index is -3.68. The number of aromatic nitrogens is 1. The fourth-order valence-corrected chi connectivity index (χ4v) is 4.50. The number of methoxy groups -OCH3 is 1. The molecule has 0 unspecified atom stereocenters. The highest BCUT2D eigenvalue weighted by atomic mass is 79.9. The van der Waals surface area contributed by atoms with Crippen molar-refractivity contribution in [1.29, 1.82) is 5.26 Å². The van der Waals surface area contributed by atoms with Crippen LogP contribution in [0.5, 0.6) is 5.75 Å². The lowest BCUT2D eigenvalue weighted by molar-refractivity contribution is 0.414. The van der Waals surface area contributed by atoms with E-state index in [-0.39, 0.29) is 11.4 Å². The second-order valence-electron chi connectivity index (χ2n) is 6.42. The summed E-state index contributed by atoms with van der Waals surface area (Å²) >= 11 is 3.42. The van der Waals surface area contributed by atoms with Crippen molar-refractivity contribution >= 4 is 37.5 Å². The quantitative estimate of drug-likeness (QED) is 0.535. The highest BCUT2D eigenvalue weighted by Gasteiger charge is 2.22. The van der Waals surface area contributed by atoms with Gasteiger partial charge >= 0.3 is 0 Å². The minimum Gasteiger partial charge on any atom is -0.497 e. The molecule has 1 N–H and O–H groups in total. The third-order valence-electron chi connectivity index (χ3n) is 4.37. The number of pyridine rings is 1. The number of halogens is 1. The second kappa shape index (κ2) is 9.26. The number of benzene rings is 2. The maximum Gasteiger partial charge on any atom is 0.243 e. The van der Waals surface area contributed by atoms with E-state index in [9.17, 15) is 8.42 Å².